The number of halogens is 3. The van der Waals surface area contributed by atoms with Crippen LogP contribution in [0.15, 0.2) is 24.3 Å². The Bertz CT molecular complexity index is 353. The molecule has 0 aliphatic carbocycles. The first-order valence-electron chi connectivity index (χ1n) is 4.73. The Balaban J connectivity index is 2.74. The first kappa shape index (κ1) is 13.8. The summed E-state index contributed by atoms with van der Waals surface area (Å²) in [6, 6.07) is 3.75. The molecule has 0 aliphatic heterocycles. The second kappa shape index (κ2) is 5.35. The van der Waals surface area contributed by atoms with Gasteiger partial charge >= 0.3 is 6.36 Å². The first-order valence-corrected chi connectivity index (χ1v) is 4.73. The molecule has 4 N–H and O–H groups in total. The highest BCUT2D eigenvalue weighted by molar-refractivity contribution is 5.29. The smallest absolute Gasteiger partial charge is 0.406 e. The minimum Gasteiger partial charge on any atom is -0.406 e. The normalized spacial score (nSPS) is 15.4. The third kappa shape index (κ3) is 4.22. The van der Waals surface area contributed by atoms with Crippen molar-refractivity contribution in [3.63, 3.8) is 0 Å². The summed E-state index contributed by atoms with van der Waals surface area (Å²) >= 11 is 0. The number of hydrogen-bond donors (Lipinski definition) is 3. The van der Waals surface area contributed by atoms with Crippen molar-refractivity contribution >= 4 is 0 Å². The van der Waals surface area contributed by atoms with Crippen LogP contribution in [0.5, 0.6) is 5.75 Å². The Morgan fingerprint density at radius 1 is 1.24 bits per heavy atom. The van der Waals surface area contributed by atoms with Gasteiger partial charge in [-0.1, -0.05) is 12.1 Å². The van der Waals surface area contributed by atoms with Crippen LogP contribution in [-0.4, -0.2) is 29.2 Å². The summed E-state index contributed by atoms with van der Waals surface area (Å²) in [5, 5.41) is 18.3. The number of rotatable bonds is 4. The molecule has 0 spiro atoms. The Morgan fingerprint density at radius 2 is 1.76 bits per heavy atom. The summed E-state index contributed by atoms with van der Waals surface area (Å²) in [6.07, 6.45) is -5.89. The zero-order chi connectivity index (χ0) is 13.1. The molecule has 1 rings (SSSR count). The van der Waals surface area contributed by atoms with Crippen molar-refractivity contribution in [1.29, 1.82) is 0 Å². The van der Waals surface area contributed by atoms with E-state index >= 15 is 0 Å². The highest BCUT2D eigenvalue weighted by atomic mass is 19.4. The summed E-state index contributed by atoms with van der Waals surface area (Å²) in [6.45, 7) is -0.429. The average Bonchev–Trinajstić information content (AvgIpc) is 2.26. The predicted octanol–water partition coefficient (Wildman–Crippen LogP) is 0.938. The lowest BCUT2D eigenvalue weighted by atomic mass is 10.0. The molecule has 0 aliphatic rings. The second-order valence-corrected chi connectivity index (χ2v) is 3.41. The lowest BCUT2D eigenvalue weighted by Crippen LogP contribution is -2.31. The maximum Gasteiger partial charge on any atom is 0.573 e. The molecule has 2 unspecified atom stereocenters. The van der Waals surface area contributed by atoms with Crippen molar-refractivity contribution < 1.29 is 28.1 Å². The molecule has 0 heterocycles. The molecule has 0 saturated carbocycles. The highest BCUT2D eigenvalue weighted by Gasteiger charge is 2.31. The number of hydrogen-bond acceptors (Lipinski definition) is 4. The van der Waals surface area contributed by atoms with E-state index in [4.69, 9.17) is 10.8 Å². The van der Waals surface area contributed by atoms with Crippen molar-refractivity contribution in [2.75, 3.05) is 6.61 Å². The van der Waals surface area contributed by atoms with Crippen LogP contribution in [-0.2, 0) is 0 Å². The molecule has 1 aromatic rings. The van der Waals surface area contributed by atoms with Crippen LogP contribution in [0.2, 0.25) is 0 Å². The molecule has 17 heavy (non-hydrogen) atoms. The van der Waals surface area contributed by atoms with Crippen LogP contribution in [0.4, 0.5) is 13.2 Å². The van der Waals surface area contributed by atoms with Gasteiger partial charge in [0.25, 0.3) is 0 Å². The molecule has 4 nitrogen and oxygen atoms in total. The van der Waals surface area contributed by atoms with Gasteiger partial charge in [0.1, 0.15) is 5.75 Å². The van der Waals surface area contributed by atoms with Crippen LogP contribution in [0, 0.1) is 0 Å². The summed E-state index contributed by atoms with van der Waals surface area (Å²) < 4.78 is 39.2. The SMILES string of the molecule is NC(CO)C(O)c1ccc(OC(F)(F)F)cc1. The third-order valence-electron chi connectivity index (χ3n) is 2.07. The van der Waals surface area contributed by atoms with Crippen LogP contribution in [0.3, 0.4) is 0 Å². The zero-order valence-corrected chi connectivity index (χ0v) is 8.69. The predicted molar refractivity (Wildman–Crippen MR) is 53.1 cm³/mol. The Morgan fingerprint density at radius 3 is 2.18 bits per heavy atom. The minimum atomic E-state index is -4.75. The van der Waals surface area contributed by atoms with Gasteiger partial charge in [-0.25, -0.2) is 0 Å². The van der Waals surface area contributed by atoms with Gasteiger partial charge in [0.05, 0.1) is 18.8 Å². The standard InChI is InChI=1S/C10H12F3NO3/c11-10(12,13)17-7-3-1-6(2-4-7)9(16)8(14)5-15/h1-4,8-9,15-16H,5,14H2. The summed E-state index contributed by atoms with van der Waals surface area (Å²) in [7, 11) is 0. The number of ether oxygens (including phenoxy) is 1. The summed E-state index contributed by atoms with van der Waals surface area (Å²) in [5.41, 5.74) is 5.68. The molecule has 0 fully saturated rings. The van der Waals surface area contributed by atoms with Crippen LogP contribution < -0.4 is 10.5 Å². The monoisotopic (exact) mass is 251 g/mol. The molecular formula is C10H12F3NO3. The van der Waals surface area contributed by atoms with Crippen molar-refractivity contribution in [1.82, 2.24) is 0 Å². The molecule has 0 saturated heterocycles. The number of aliphatic hydroxyl groups is 2. The molecule has 1 aromatic carbocycles. The van der Waals surface area contributed by atoms with Crippen LogP contribution >= 0.6 is 0 Å². The lowest BCUT2D eigenvalue weighted by Gasteiger charge is -2.17. The first-order chi connectivity index (χ1) is 7.83. The van der Waals surface area contributed by atoms with Crippen LogP contribution in [0.25, 0.3) is 0 Å². The Hall–Kier alpha value is -1.31. The maximum atomic E-state index is 11.9. The molecule has 7 heteroatoms. The number of alkyl halides is 3. The van der Waals surface area contributed by atoms with E-state index in [-0.39, 0.29) is 5.75 Å². The fourth-order valence-corrected chi connectivity index (χ4v) is 1.21. The Labute approximate surface area is 95.4 Å². The zero-order valence-electron chi connectivity index (χ0n) is 8.69. The van der Waals surface area contributed by atoms with E-state index in [1.807, 2.05) is 0 Å². The van der Waals surface area contributed by atoms with Gasteiger partial charge in [0.2, 0.25) is 0 Å². The van der Waals surface area contributed by atoms with E-state index in [1.165, 1.54) is 12.1 Å². The van der Waals surface area contributed by atoms with Gasteiger partial charge in [-0.3, -0.25) is 0 Å². The van der Waals surface area contributed by atoms with Crippen molar-refractivity contribution in [3.05, 3.63) is 29.8 Å². The fraction of sp³-hybridized carbons (Fsp3) is 0.400. The molecule has 0 aromatic heterocycles. The summed E-state index contributed by atoms with van der Waals surface area (Å²) in [5.74, 6) is -0.383. The van der Waals surface area contributed by atoms with E-state index in [0.29, 0.717) is 5.56 Å². The number of aliphatic hydroxyl groups excluding tert-OH is 2. The summed E-state index contributed by atoms with van der Waals surface area (Å²) in [4.78, 5) is 0. The van der Waals surface area contributed by atoms with Gasteiger partial charge in [0.15, 0.2) is 0 Å². The Kier molecular flexibility index (Phi) is 4.33. The topological polar surface area (TPSA) is 75.7 Å². The van der Waals surface area contributed by atoms with Crippen molar-refractivity contribution in [2.24, 2.45) is 5.73 Å². The van der Waals surface area contributed by atoms with Gasteiger partial charge in [-0.2, -0.15) is 0 Å². The van der Waals surface area contributed by atoms with Crippen molar-refractivity contribution in [2.45, 2.75) is 18.5 Å². The van der Waals surface area contributed by atoms with Gasteiger partial charge in [-0.05, 0) is 17.7 Å². The van der Waals surface area contributed by atoms with Crippen molar-refractivity contribution in [3.8, 4) is 5.75 Å². The van der Waals surface area contributed by atoms with E-state index in [1.54, 1.807) is 0 Å². The lowest BCUT2D eigenvalue weighted by molar-refractivity contribution is -0.274. The third-order valence-corrected chi connectivity index (χ3v) is 2.07. The van der Waals surface area contributed by atoms with E-state index in [9.17, 15) is 18.3 Å². The molecule has 2 atom stereocenters. The fourth-order valence-electron chi connectivity index (χ4n) is 1.21. The van der Waals surface area contributed by atoms with E-state index < -0.39 is 25.1 Å². The molecule has 96 valence electrons. The van der Waals surface area contributed by atoms with Gasteiger partial charge in [0, 0.05) is 0 Å². The number of nitrogens with two attached hydrogens (primary N) is 1. The highest BCUT2D eigenvalue weighted by Crippen LogP contribution is 2.24. The second-order valence-electron chi connectivity index (χ2n) is 3.41. The molecule has 0 bridgehead atoms. The van der Waals surface area contributed by atoms with Gasteiger partial charge in [-0.15, -0.1) is 13.2 Å². The average molecular weight is 251 g/mol. The molecule has 0 radical (unpaired) electrons. The van der Waals surface area contributed by atoms with Gasteiger partial charge < -0.3 is 20.7 Å². The number of benzene rings is 1. The largest absolute Gasteiger partial charge is 0.573 e. The van der Waals surface area contributed by atoms with E-state index in [0.717, 1.165) is 12.1 Å². The van der Waals surface area contributed by atoms with Crippen LogP contribution in [0.1, 0.15) is 11.7 Å². The quantitative estimate of drug-likeness (QED) is 0.744. The molecular weight excluding hydrogens is 239 g/mol. The molecule has 0 amide bonds. The minimum absolute atomic E-state index is 0.307. The maximum absolute atomic E-state index is 11.9. The van der Waals surface area contributed by atoms with E-state index in [2.05, 4.69) is 4.74 Å².